The van der Waals surface area contributed by atoms with Crippen molar-refractivity contribution in [1.82, 2.24) is 0 Å². The van der Waals surface area contributed by atoms with Crippen molar-refractivity contribution < 1.29 is 115 Å². The lowest BCUT2D eigenvalue weighted by atomic mass is 9.12. The number of hydrogen-bond donors (Lipinski definition) is 0. The number of ketones is 1. The molecule has 0 aliphatic heterocycles. The van der Waals surface area contributed by atoms with Crippen molar-refractivity contribution in [2.75, 3.05) is 0 Å². The average molecular weight is 1090 g/mol. The second-order valence-electron chi connectivity index (χ2n) is 15.8. The zero-order chi connectivity index (χ0) is 56.0. The second-order valence-corrected chi connectivity index (χ2v) is 15.8. The van der Waals surface area contributed by atoms with E-state index in [1.165, 1.54) is 0 Å². The van der Waals surface area contributed by atoms with Gasteiger partial charge in [0, 0.05) is 17.7 Å². The molecule has 0 fully saturated rings. The Morgan fingerprint density at radius 3 is 0.851 bits per heavy atom. The topological polar surface area (TPSA) is 44.7 Å². The lowest BCUT2D eigenvalue weighted by Gasteiger charge is -2.46. The van der Waals surface area contributed by atoms with E-state index < -0.39 is 195 Å². The van der Waals surface area contributed by atoms with Gasteiger partial charge in [0.15, 0.2) is 12.3 Å². The molecule has 0 aliphatic carbocycles. The molecular weight excluding hydrogens is 1060 g/mol. The van der Waals surface area contributed by atoms with Crippen LogP contribution in [0.3, 0.4) is 0 Å². The molecule has 0 spiro atoms. The van der Waals surface area contributed by atoms with Crippen LogP contribution in [0, 0.1) is 11.3 Å². The highest BCUT2D eigenvalue weighted by molar-refractivity contribution is 7.20. The molecule has 1 aromatic heterocycles. The number of rotatable bonds is 7. The zero-order valence-corrected chi connectivity index (χ0v) is 35.8. The number of carbonyl (C=O) groups excluding carboxylic acids is 1. The molecule has 0 N–H and O–H groups in total. The normalized spacial score (nSPS) is 13.2. The van der Waals surface area contributed by atoms with Gasteiger partial charge in [0.1, 0.15) is 6.15 Å². The quantitative estimate of drug-likeness (QED) is 0.0692. The van der Waals surface area contributed by atoms with Crippen LogP contribution in [0.4, 0.5) is 105 Å². The minimum Gasteiger partial charge on any atom is -0.287 e. The molecule has 0 saturated carbocycles. The van der Waals surface area contributed by atoms with E-state index in [1.807, 2.05) is 18.2 Å². The van der Waals surface area contributed by atoms with Crippen molar-refractivity contribution in [1.29, 1.82) is 5.26 Å². The van der Waals surface area contributed by atoms with Gasteiger partial charge in [-0.15, -0.1) is 0 Å². The van der Waals surface area contributed by atoms with Crippen molar-refractivity contribution in [3.63, 3.8) is 0 Å². The number of hydrogen-bond acceptors (Lipinski definition) is 2. The van der Waals surface area contributed by atoms with Crippen molar-refractivity contribution in [3.05, 3.63) is 183 Å². The fourth-order valence-corrected chi connectivity index (χ4v) is 7.66. The molecule has 0 atom stereocenters. The summed E-state index contributed by atoms with van der Waals surface area (Å²) in [5, 5.41) is 8.92. The summed E-state index contributed by atoms with van der Waals surface area (Å²) in [6, 6.07) is 7.60. The van der Waals surface area contributed by atoms with E-state index in [4.69, 9.17) is 5.26 Å². The molecule has 28 heteroatoms. The Labute approximate surface area is 398 Å². The summed E-state index contributed by atoms with van der Waals surface area (Å²) >= 11 is 0. The monoisotopic (exact) mass is 1090 g/mol. The first-order valence-electron chi connectivity index (χ1n) is 19.9. The van der Waals surface area contributed by atoms with E-state index in [9.17, 15) is 110 Å². The summed E-state index contributed by atoms with van der Waals surface area (Å²) < 4.78 is 342. The van der Waals surface area contributed by atoms with Gasteiger partial charge in [-0.05, 0) is 30.3 Å². The summed E-state index contributed by atoms with van der Waals surface area (Å²) in [5.41, 5.74) is -29.1. The molecule has 0 saturated heterocycles. The number of nitrogens with zero attached hydrogens (tertiary/aromatic N) is 2. The SMILES string of the molecule is FC(F)(F)c1cc([B-](c2cc(C(F)(F)F)cc(C(F)(F)F)c2)(c2cc(C(F)(F)F)cc(C(F)(F)F)c2)c2cc(C(F)(F)F)cc(C(F)(F)F)c2)cc(C(F)(F)F)c1.N#Cc1cccc[n+]1CC(=O)c1ccccc1. The molecule has 0 bridgehead atoms. The van der Waals surface area contributed by atoms with E-state index in [2.05, 4.69) is 6.07 Å². The summed E-state index contributed by atoms with van der Waals surface area (Å²) in [4.78, 5) is 12.0. The van der Waals surface area contributed by atoms with Gasteiger partial charge in [-0.3, -0.25) is 4.79 Å². The molecule has 3 nitrogen and oxygen atoms in total. The number of aromatic nitrogens is 1. The van der Waals surface area contributed by atoms with Gasteiger partial charge >= 0.3 is 49.4 Å². The number of halogens is 24. The van der Waals surface area contributed by atoms with Crippen molar-refractivity contribution >= 4 is 33.8 Å². The maximum Gasteiger partial charge on any atom is 0.416 e. The molecule has 0 radical (unpaired) electrons. The highest BCUT2D eigenvalue weighted by atomic mass is 19.4. The highest BCUT2D eigenvalue weighted by Gasteiger charge is 2.47. The minimum absolute atomic E-state index is 0.00157. The summed E-state index contributed by atoms with van der Waals surface area (Å²) in [6.45, 7) is 0.188. The average Bonchev–Trinajstić information content (AvgIpc) is 3.27. The Kier molecular flexibility index (Phi) is 15.5. The fraction of sp³-hybridized carbons (Fsp3) is 0.196. The van der Waals surface area contributed by atoms with E-state index in [0.29, 0.717) is 11.3 Å². The number of nitriles is 1. The van der Waals surface area contributed by atoms with Gasteiger partial charge < -0.3 is 0 Å². The van der Waals surface area contributed by atoms with Crippen LogP contribution in [0.25, 0.3) is 0 Å². The molecule has 6 rings (SSSR count). The number of alkyl halides is 24. The molecule has 0 amide bonds. The zero-order valence-electron chi connectivity index (χ0n) is 35.8. The van der Waals surface area contributed by atoms with Gasteiger partial charge in [-0.25, -0.2) is 0 Å². The molecular formula is C46H23BF24N2O. The summed E-state index contributed by atoms with van der Waals surface area (Å²) in [7, 11) is 0. The maximum absolute atomic E-state index is 14.2. The van der Waals surface area contributed by atoms with Gasteiger partial charge in [0.25, 0.3) is 5.69 Å². The summed E-state index contributed by atoms with van der Waals surface area (Å²) in [6.07, 6.45) is -53.1. The van der Waals surface area contributed by atoms with Crippen LogP contribution in [0.1, 0.15) is 60.6 Å². The van der Waals surface area contributed by atoms with E-state index >= 15 is 0 Å². The molecule has 74 heavy (non-hydrogen) atoms. The molecule has 0 unspecified atom stereocenters. The van der Waals surface area contributed by atoms with Crippen LogP contribution in [0.5, 0.6) is 0 Å². The first-order valence-corrected chi connectivity index (χ1v) is 19.9. The van der Waals surface area contributed by atoms with Gasteiger partial charge in [-0.2, -0.15) is 137 Å². The Bertz CT molecular complexity index is 2630. The first kappa shape index (κ1) is 57.7. The van der Waals surface area contributed by atoms with Crippen LogP contribution < -0.4 is 26.4 Å². The first-order chi connectivity index (χ1) is 33.6. The Morgan fingerprint density at radius 2 is 0.622 bits per heavy atom. The number of pyridine rings is 1. The standard InChI is InChI=1S/C32H12BF24.C14H11N2O/c34-25(35,36)13-1-14(26(37,38)39)6-21(5-13)33(22-7-15(27(40,41)42)2-16(8-22)28(43,44)45,23-9-17(29(46,47)48)3-18(10-23)30(49,50)51)24-11-19(31(52,53)54)4-20(12-24)32(55,56)57;15-10-13-8-4-5-9-16(13)11-14(17)12-6-2-1-3-7-12/h1-12H;1-9H,11H2/q-1;+1. The minimum atomic E-state index is -6.13. The van der Waals surface area contributed by atoms with E-state index in [-0.39, 0.29) is 12.3 Å². The van der Waals surface area contributed by atoms with Crippen molar-refractivity contribution in [3.8, 4) is 6.07 Å². The largest absolute Gasteiger partial charge is 0.416 e. The van der Waals surface area contributed by atoms with Crippen molar-refractivity contribution in [2.24, 2.45) is 0 Å². The van der Waals surface area contributed by atoms with Gasteiger partial charge in [-0.1, -0.05) is 78.9 Å². The molecule has 6 aromatic rings. The lowest BCUT2D eigenvalue weighted by molar-refractivity contribution is -0.685. The number of benzene rings is 5. The van der Waals surface area contributed by atoms with Crippen LogP contribution in [0.2, 0.25) is 0 Å². The smallest absolute Gasteiger partial charge is 0.287 e. The van der Waals surface area contributed by atoms with Gasteiger partial charge in [0.05, 0.1) is 44.5 Å². The second kappa shape index (κ2) is 19.9. The predicted molar refractivity (Wildman–Crippen MR) is 212 cm³/mol. The lowest BCUT2D eigenvalue weighted by Crippen LogP contribution is -2.75. The highest BCUT2D eigenvalue weighted by Crippen LogP contribution is 2.41. The van der Waals surface area contributed by atoms with Crippen LogP contribution in [0.15, 0.2) is 128 Å². The third-order valence-electron chi connectivity index (χ3n) is 10.9. The van der Waals surface area contributed by atoms with Crippen LogP contribution in [-0.2, 0) is 56.0 Å². The fourth-order valence-electron chi connectivity index (χ4n) is 7.66. The van der Waals surface area contributed by atoms with E-state index in [1.54, 1.807) is 41.1 Å². The van der Waals surface area contributed by atoms with Crippen LogP contribution in [-0.4, -0.2) is 11.9 Å². The van der Waals surface area contributed by atoms with E-state index in [0.717, 1.165) is 0 Å². The molecule has 5 aromatic carbocycles. The Hall–Kier alpha value is -7.21. The number of carbonyl (C=O) groups is 1. The van der Waals surface area contributed by atoms with Gasteiger partial charge in [0.2, 0.25) is 12.3 Å². The molecule has 1 heterocycles. The predicted octanol–water partition coefficient (Wildman–Crippen LogP) is 12.9. The maximum atomic E-state index is 14.2. The Morgan fingerprint density at radius 1 is 0.378 bits per heavy atom. The third-order valence-corrected chi connectivity index (χ3v) is 10.9. The Balaban J connectivity index is 0.000000500. The van der Waals surface area contributed by atoms with Crippen LogP contribution >= 0.6 is 0 Å². The third kappa shape index (κ3) is 13.1. The van der Waals surface area contributed by atoms with Crippen molar-refractivity contribution in [2.45, 2.75) is 56.0 Å². The molecule has 0 aliphatic rings. The molecule has 394 valence electrons. The summed E-state index contributed by atoms with van der Waals surface area (Å²) in [5.74, 6) is -0.00157. The number of Topliss-reactive ketones (excluding diaryl/α,β-unsaturated/α-hetero) is 1.